The van der Waals surface area contributed by atoms with Crippen LogP contribution in [0, 0.1) is 0 Å². The van der Waals surface area contributed by atoms with E-state index in [-0.39, 0.29) is 30.4 Å². The lowest BCUT2D eigenvalue weighted by atomic mass is 9.98. The van der Waals surface area contributed by atoms with Gasteiger partial charge in [-0.1, -0.05) is 60.7 Å². The SMILES string of the molecule is CN(C(=O)CC(C)(C)NC(=O)OCC1c2ccccc2-c2ccccc21)c1ccccc1C(=O)O. The van der Waals surface area contributed by atoms with E-state index >= 15 is 0 Å². The van der Waals surface area contributed by atoms with Crippen molar-refractivity contribution in [2.75, 3.05) is 18.6 Å². The van der Waals surface area contributed by atoms with E-state index in [1.165, 1.54) is 18.0 Å². The van der Waals surface area contributed by atoms with E-state index in [0.29, 0.717) is 5.69 Å². The second-order valence-corrected chi connectivity index (χ2v) is 9.29. The lowest BCUT2D eigenvalue weighted by molar-refractivity contribution is -0.119. The average molecular weight is 473 g/mol. The van der Waals surface area contributed by atoms with Crippen LogP contribution in [0.2, 0.25) is 0 Å². The second-order valence-electron chi connectivity index (χ2n) is 9.29. The Labute approximate surface area is 204 Å². The first-order chi connectivity index (χ1) is 16.7. The van der Waals surface area contributed by atoms with Crippen molar-refractivity contribution in [2.24, 2.45) is 0 Å². The van der Waals surface area contributed by atoms with Crippen molar-refractivity contribution in [3.05, 3.63) is 89.5 Å². The summed E-state index contributed by atoms with van der Waals surface area (Å²) in [6, 6.07) is 22.5. The van der Waals surface area contributed by atoms with Crippen LogP contribution in [-0.2, 0) is 9.53 Å². The Morgan fingerprint density at radius 1 is 0.914 bits per heavy atom. The van der Waals surface area contributed by atoms with E-state index in [1.807, 2.05) is 24.3 Å². The monoisotopic (exact) mass is 472 g/mol. The number of carboxylic acids is 1. The van der Waals surface area contributed by atoms with Crippen LogP contribution in [0.3, 0.4) is 0 Å². The topological polar surface area (TPSA) is 95.9 Å². The molecule has 0 aromatic heterocycles. The maximum absolute atomic E-state index is 12.9. The number of aromatic carboxylic acids is 1. The van der Waals surface area contributed by atoms with Crippen LogP contribution in [0.15, 0.2) is 72.8 Å². The lowest BCUT2D eigenvalue weighted by Gasteiger charge is -2.28. The van der Waals surface area contributed by atoms with Gasteiger partial charge in [0.25, 0.3) is 0 Å². The molecule has 0 bridgehead atoms. The third kappa shape index (κ3) is 5.04. The van der Waals surface area contributed by atoms with E-state index < -0.39 is 17.6 Å². The predicted octanol–water partition coefficient (Wildman–Crippen LogP) is 5.06. The Hall–Kier alpha value is -4.13. The first kappa shape index (κ1) is 24.0. The largest absolute Gasteiger partial charge is 0.478 e. The number of nitrogens with one attached hydrogen (secondary N) is 1. The summed E-state index contributed by atoms with van der Waals surface area (Å²) in [5.74, 6) is -1.50. The molecule has 180 valence electrons. The number of ether oxygens (including phenoxy) is 1. The summed E-state index contributed by atoms with van der Waals surface area (Å²) in [6.07, 6.45) is -0.653. The molecule has 0 spiro atoms. The van der Waals surface area contributed by atoms with Crippen molar-refractivity contribution in [3.8, 4) is 11.1 Å². The average Bonchev–Trinajstić information content (AvgIpc) is 3.15. The number of carbonyl (C=O) groups excluding carboxylic acids is 2. The first-order valence-electron chi connectivity index (χ1n) is 11.4. The van der Waals surface area contributed by atoms with Gasteiger partial charge in [-0.15, -0.1) is 0 Å². The minimum atomic E-state index is -1.11. The molecule has 1 aliphatic rings. The lowest BCUT2D eigenvalue weighted by Crippen LogP contribution is -2.47. The highest BCUT2D eigenvalue weighted by Gasteiger charge is 2.31. The van der Waals surface area contributed by atoms with Crippen LogP contribution in [0.25, 0.3) is 11.1 Å². The highest BCUT2D eigenvalue weighted by Crippen LogP contribution is 2.44. The van der Waals surface area contributed by atoms with Crippen molar-refractivity contribution in [1.82, 2.24) is 5.32 Å². The third-order valence-electron chi connectivity index (χ3n) is 6.25. The number of nitrogens with zero attached hydrogens (tertiary/aromatic N) is 1. The number of hydrogen-bond donors (Lipinski definition) is 2. The van der Waals surface area contributed by atoms with Gasteiger partial charge in [0, 0.05) is 24.9 Å². The van der Waals surface area contributed by atoms with Crippen LogP contribution in [-0.4, -0.2) is 42.3 Å². The Balaban J connectivity index is 1.39. The van der Waals surface area contributed by atoms with E-state index in [1.54, 1.807) is 32.0 Å². The van der Waals surface area contributed by atoms with Gasteiger partial charge in [0.15, 0.2) is 0 Å². The van der Waals surface area contributed by atoms with Crippen molar-refractivity contribution in [3.63, 3.8) is 0 Å². The molecule has 3 aromatic carbocycles. The smallest absolute Gasteiger partial charge is 0.407 e. The van der Waals surface area contributed by atoms with Crippen LogP contribution < -0.4 is 10.2 Å². The molecule has 7 nitrogen and oxygen atoms in total. The van der Waals surface area contributed by atoms with Crippen LogP contribution in [0.4, 0.5) is 10.5 Å². The summed E-state index contributed by atoms with van der Waals surface area (Å²) in [5, 5.41) is 12.2. The fourth-order valence-electron chi connectivity index (χ4n) is 4.53. The van der Waals surface area contributed by atoms with Crippen molar-refractivity contribution < 1.29 is 24.2 Å². The van der Waals surface area contributed by atoms with E-state index in [0.717, 1.165) is 22.3 Å². The molecule has 7 heteroatoms. The standard InChI is InChI=1S/C28H28N2O5/c1-28(2,16-25(31)30(3)24-15-9-8-14-22(24)26(32)33)29-27(34)35-17-23-20-12-6-4-10-18(20)19-11-5-7-13-21(19)23/h4-15,23H,16-17H2,1-3H3,(H,29,34)(H,32,33). The summed E-state index contributed by atoms with van der Waals surface area (Å²) in [5.41, 5.74) is 3.95. The molecule has 0 unspecified atom stereocenters. The van der Waals surface area contributed by atoms with Crippen molar-refractivity contribution in [2.45, 2.75) is 31.7 Å². The molecular formula is C28H28N2O5. The van der Waals surface area contributed by atoms with Crippen molar-refractivity contribution in [1.29, 1.82) is 0 Å². The Morgan fingerprint density at radius 3 is 2.06 bits per heavy atom. The minimum absolute atomic E-state index is 0.0330. The highest BCUT2D eigenvalue weighted by atomic mass is 16.5. The number of fused-ring (bicyclic) bond motifs is 3. The van der Waals surface area contributed by atoms with Gasteiger partial charge in [0.1, 0.15) is 6.61 Å². The molecule has 2 amide bonds. The molecule has 0 saturated carbocycles. The molecule has 3 aromatic rings. The molecule has 0 heterocycles. The number of hydrogen-bond acceptors (Lipinski definition) is 4. The number of carboxylic acid groups (broad SMARTS) is 1. The molecule has 1 aliphatic carbocycles. The molecule has 0 aliphatic heterocycles. The van der Waals surface area contributed by atoms with E-state index in [4.69, 9.17) is 4.74 Å². The molecular weight excluding hydrogens is 444 g/mol. The number of rotatable bonds is 7. The fraction of sp³-hybridized carbons (Fsp3) is 0.250. The number of carbonyl (C=O) groups is 3. The summed E-state index contributed by atoms with van der Waals surface area (Å²) < 4.78 is 5.60. The van der Waals surface area contributed by atoms with Gasteiger partial charge in [-0.3, -0.25) is 4.79 Å². The normalized spacial score (nSPS) is 12.4. The highest BCUT2D eigenvalue weighted by molar-refractivity contribution is 6.02. The van der Waals surface area contributed by atoms with Gasteiger partial charge in [0.2, 0.25) is 5.91 Å². The number of anilines is 1. The zero-order valence-corrected chi connectivity index (χ0v) is 19.9. The Bertz CT molecular complexity index is 1240. The Kier molecular flexibility index (Phi) is 6.60. The summed E-state index contributed by atoms with van der Waals surface area (Å²) in [6.45, 7) is 3.63. The number of alkyl carbamates (subject to hydrolysis) is 1. The fourth-order valence-corrected chi connectivity index (χ4v) is 4.53. The van der Waals surface area contributed by atoms with Crippen LogP contribution in [0.5, 0.6) is 0 Å². The predicted molar refractivity (Wildman–Crippen MR) is 134 cm³/mol. The van der Waals surface area contributed by atoms with Gasteiger partial charge >= 0.3 is 12.1 Å². The maximum atomic E-state index is 12.9. The van der Waals surface area contributed by atoms with Gasteiger partial charge in [-0.05, 0) is 48.2 Å². The molecule has 0 fully saturated rings. The maximum Gasteiger partial charge on any atom is 0.407 e. The molecule has 0 atom stereocenters. The zero-order chi connectivity index (χ0) is 25.2. The first-order valence-corrected chi connectivity index (χ1v) is 11.4. The molecule has 0 radical (unpaired) electrons. The summed E-state index contributed by atoms with van der Waals surface area (Å²) in [7, 11) is 1.52. The molecule has 35 heavy (non-hydrogen) atoms. The number of para-hydroxylation sites is 1. The molecule has 0 saturated heterocycles. The second kappa shape index (κ2) is 9.62. The number of benzene rings is 3. The zero-order valence-electron chi connectivity index (χ0n) is 19.9. The van der Waals surface area contributed by atoms with Gasteiger partial charge < -0.3 is 20.1 Å². The van der Waals surface area contributed by atoms with E-state index in [2.05, 4.69) is 29.6 Å². The van der Waals surface area contributed by atoms with E-state index in [9.17, 15) is 19.5 Å². The minimum Gasteiger partial charge on any atom is -0.478 e. The number of amides is 2. The summed E-state index contributed by atoms with van der Waals surface area (Å²) >= 11 is 0. The van der Waals surface area contributed by atoms with Crippen LogP contribution >= 0.6 is 0 Å². The third-order valence-corrected chi connectivity index (χ3v) is 6.25. The van der Waals surface area contributed by atoms with Gasteiger partial charge in [-0.2, -0.15) is 0 Å². The molecule has 4 rings (SSSR count). The van der Waals surface area contributed by atoms with Crippen molar-refractivity contribution >= 4 is 23.7 Å². The molecule has 2 N–H and O–H groups in total. The summed E-state index contributed by atoms with van der Waals surface area (Å²) in [4.78, 5) is 38.4. The van der Waals surface area contributed by atoms with Gasteiger partial charge in [-0.25, -0.2) is 9.59 Å². The Morgan fingerprint density at radius 2 is 1.46 bits per heavy atom. The van der Waals surface area contributed by atoms with Crippen LogP contribution in [0.1, 0.15) is 47.7 Å². The van der Waals surface area contributed by atoms with Gasteiger partial charge in [0.05, 0.1) is 11.3 Å². The quantitative estimate of drug-likeness (QED) is 0.501.